The molecule has 0 aromatic carbocycles. The molecule has 0 amide bonds. The largest absolute Gasteiger partial charge is 0.378 e. The SMILES string of the molecule is CCC/C=C(\C1CCC(C)CC1)N(C)CCCC. The minimum atomic E-state index is 0.842. The summed E-state index contributed by atoms with van der Waals surface area (Å²) in [6.45, 7) is 8.21. The number of nitrogens with zero attached hydrogens (tertiary/aromatic N) is 1. The van der Waals surface area contributed by atoms with Crippen LogP contribution in [0.25, 0.3) is 0 Å². The second-order valence-corrected chi connectivity index (χ2v) is 6.15. The second kappa shape index (κ2) is 8.61. The predicted molar refractivity (Wildman–Crippen MR) is 81.7 cm³/mol. The van der Waals surface area contributed by atoms with Crippen LogP contribution < -0.4 is 0 Å². The molecule has 0 aliphatic heterocycles. The van der Waals surface area contributed by atoms with Gasteiger partial charge in [0.15, 0.2) is 0 Å². The van der Waals surface area contributed by atoms with Gasteiger partial charge in [-0.15, -0.1) is 0 Å². The summed E-state index contributed by atoms with van der Waals surface area (Å²) in [7, 11) is 2.30. The maximum absolute atomic E-state index is 2.54. The Morgan fingerprint density at radius 1 is 1.11 bits per heavy atom. The fourth-order valence-corrected chi connectivity index (χ4v) is 3.01. The molecule has 1 rings (SSSR count). The Labute approximate surface area is 115 Å². The first-order valence-corrected chi connectivity index (χ1v) is 8.10. The van der Waals surface area contributed by atoms with Crippen LogP contribution >= 0.6 is 0 Å². The Balaban J connectivity index is 2.59. The van der Waals surface area contributed by atoms with Gasteiger partial charge in [0.2, 0.25) is 0 Å². The molecule has 1 fully saturated rings. The minimum absolute atomic E-state index is 0.842. The van der Waals surface area contributed by atoms with Crippen LogP contribution in [0.15, 0.2) is 11.8 Å². The van der Waals surface area contributed by atoms with Crippen molar-refractivity contribution in [2.24, 2.45) is 11.8 Å². The van der Waals surface area contributed by atoms with E-state index >= 15 is 0 Å². The normalized spacial score (nSPS) is 25.2. The highest BCUT2D eigenvalue weighted by Gasteiger charge is 2.23. The molecule has 0 saturated heterocycles. The number of unbranched alkanes of at least 4 members (excludes halogenated alkanes) is 2. The topological polar surface area (TPSA) is 3.24 Å². The summed E-state index contributed by atoms with van der Waals surface area (Å²) in [6, 6.07) is 0. The van der Waals surface area contributed by atoms with Crippen LogP contribution in [0.5, 0.6) is 0 Å². The lowest BCUT2D eigenvalue weighted by atomic mass is 9.80. The molecule has 0 aromatic rings. The van der Waals surface area contributed by atoms with Gasteiger partial charge >= 0.3 is 0 Å². The molecule has 0 heterocycles. The van der Waals surface area contributed by atoms with Gasteiger partial charge in [-0.1, -0.05) is 52.5 Å². The molecular weight excluding hydrogens is 218 g/mol. The van der Waals surface area contributed by atoms with Gasteiger partial charge in [0.05, 0.1) is 0 Å². The fourth-order valence-electron chi connectivity index (χ4n) is 3.01. The highest BCUT2D eigenvalue weighted by atomic mass is 15.1. The van der Waals surface area contributed by atoms with E-state index in [2.05, 4.69) is 38.8 Å². The molecule has 1 aliphatic rings. The molecule has 0 bridgehead atoms. The van der Waals surface area contributed by atoms with Crippen molar-refractivity contribution in [1.29, 1.82) is 0 Å². The summed E-state index contributed by atoms with van der Waals surface area (Å²) in [5.41, 5.74) is 1.65. The van der Waals surface area contributed by atoms with Gasteiger partial charge in [-0.05, 0) is 37.5 Å². The van der Waals surface area contributed by atoms with Crippen LogP contribution in [-0.4, -0.2) is 18.5 Å². The van der Waals surface area contributed by atoms with Crippen LogP contribution in [0.1, 0.15) is 72.1 Å². The van der Waals surface area contributed by atoms with E-state index in [9.17, 15) is 0 Å². The van der Waals surface area contributed by atoms with Crippen molar-refractivity contribution in [2.75, 3.05) is 13.6 Å². The molecule has 0 spiro atoms. The Bertz CT molecular complexity index is 236. The fraction of sp³-hybridized carbons (Fsp3) is 0.882. The zero-order valence-corrected chi connectivity index (χ0v) is 13.0. The minimum Gasteiger partial charge on any atom is -0.378 e. The maximum atomic E-state index is 2.54. The van der Waals surface area contributed by atoms with E-state index in [0.717, 1.165) is 11.8 Å². The highest BCUT2D eigenvalue weighted by Crippen LogP contribution is 2.34. The second-order valence-electron chi connectivity index (χ2n) is 6.15. The van der Waals surface area contributed by atoms with Gasteiger partial charge < -0.3 is 4.90 Å². The third-order valence-electron chi connectivity index (χ3n) is 4.36. The Kier molecular flexibility index (Phi) is 7.46. The van der Waals surface area contributed by atoms with Crippen LogP contribution in [-0.2, 0) is 0 Å². The number of hydrogen-bond donors (Lipinski definition) is 0. The van der Waals surface area contributed by atoms with Crippen molar-refractivity contribution in [2.45, 2.75) is 72.1 Å². The molecule has 1 saturated carbocycles. The van der Waals surface area contributed by atoms with Crippen molar-refractivity contribution in [3.63, 3.8) is 0 Å². The number of hydrogen-bond acceptors (Lipinski definition) is 1. The molecule has 1 nitrogen and oxygen atoms in total. The third-order valence-corrected chi connectivity index (χ3v) is 4.36. The molecule has 1 aliphatic carbocycles. The van der Waals surface area contributed by atoms with Gasteiger partial charge in [-0.25, -0.2) is 0 Å². The summed E-state index contributed by atoms with van der Waals surface area (Å²) < 4.78 is 0. The van der Waals surface area contributed by atoms with Gasteiger partial charge in [-0.2, -0.15) is 0 Å². The van der Waals surface area contributed by atoms with Gasteiger partial charge in [-0.3, -0.25) is 0 Å². The first-order valence-electron chi connectivity index (χ1n) is 8.10. The smallest absolute Gasteiger partial charge is 0.0171 e. The average molecular weight is 251 g/mol. The monoisotopic (exact) mass is 251 g/mol. The van der Waals surface area contributed by atoms with E-state index in [0.29, 0.717) is 0 Å². The van der Waals surface area contributed by atoms with E-state index in [1.54, 1.807) is 5.70 Å². The zero-order chi connectivity index (χ0) is 13.4. The number of allylic oxidation sites excluding steroid dienone is 2. The lowest BCUT2D eigenvalue weighted by Crippen LogP contribution is -2.27. The maximum Gasteiger partial charge on any atom is 0.0171 e. The predicted octanol–water partition coefficient (Wildman–Crippen LogP) is 5.23. The standard InChI is InChI=1S/C17H33N/c1-5-7-9-17(18(4)14-8-6-2)16-12-10-15(3)11-13-16/h9,15-16H,5-8,10-14H2,1-4H3/b17-9+. The van der Waals surface area contributed by atoms with Gasteiger partial charge in [0, 0.05) is 19.3 Å². The van der Waals surface area contributed by atoms with E-state index in [1.807, 2.05) is 0 Å². The average Bonchev–Trinajstić information content (AvgIpc) is 2.38. The van der Waals surface area contributed by atoms with Crippen molar-refractivity contribution in [1.82, 2.24) is 4.90 Å². The summed E-state index contributed by atoms with van der Waals surface area (Å²) >= 11 is 0. The lowest BCUT2D eigenvalue weighted by molar-refractivity contribution is 0.262. The van der Waals surface area contributed by atoms with Crippen LogP contribution in [0.2, 0.25) is 0 Å². The molecular formula is C17H33N. The molecule has 0 aromatic heterocycles. The van der Waals surface area contributed by atoms with Crippen molar-refractivity contribution >= 4 is 0 Å². The molecule has 0 atom stereocenters. The summed E-state index contributed by atoms with van der Waals surface area (Å²) in [5.74, 6) is 1.80. The van der Waals surface area contributed by atoms with Crippen LogP contribution in [0, 0.1) is 11.8 Å². The molecule has 0 N–H and O–H groups in total. The van der Waals surface area contributed by atoms with E-state index in [1.165, 1.54) is 57.9 Å². The first-order chi connectivity index (χ1) is 8.69. The zero-order valence-electron chi connectivity index (χ0n) is 13.0. The third kappa shape index (κ3) is 5.04. The Morgan fingerprint density at radius 3 is 2.33 bits per heavy atom. The summed E-state index contributed by atoms with van der Waals surface area (Å²) in [4.78, 5) is 2.54. The van der Waals surface area contributed by atoms with Crippen molar-refractivity contribution < 1.29 is 0 Å². The lowest BCUT2D eigenvalue weighted by Gasteiger charge is -2.34. The molecule has 0 radical (unpaired) electrons. The number of rotatable bonds is 7. The van der Waals surface area contributed by atoms with E-state index in [4.69, 9.17) is 0 Å². The summed E-state index contributed by atoms with van der Waals surface area (Å²) in [5, 5.41) is 0. The quantitative estimate of drug-likeness (QED) is 0.599. The molecule has 0 unspecified atom stereocenters. The first kappa shape index (κ1) is 15.6. The Morgan fingerprint density at radius 2 is 1.78 bits per heavy atom. The summed E-state index contributed by atoms with van der Waals surface area (Å²) in [6.07, 6.45) is 13.3. The van der Waals surface area contributed by atoms with Crippen LogP contribution in [0.3, 0.4) is 0 Å². The van der Waals surface area contributed by atoms with E-state index in [-0.39, 0.29) is 0 Å². The van der Waals surface area contributed by atoms with E-state index < -0.39 is 0 Å². The van der Waals surface area contributed by atoms with Gasteiger partial charge in [0.25, 0.3) is 0 Å². The van der Waals surface area contributed by atoms with Gasteiger partial charge in [0.1, 0.15) is 0 Å². The highest BCUT2D eigenvalue weighted by molar-refractivity contribution is 5.06. The van der Waals surface area contributed by atoms with Crippen LogP contribution in [0.4, 0.5) is 0 Å². The Hall–Kier alpha value is -0.460. The molecule has 18 heavy (non-hydrogen) atoms. The van der Waals surface area contributed by atoms with Crippen molar-refractivity contribution in [3.8, 4) is 0 Å². The molecule has 1 heteroatoms. The van der Waals surface area contributed by atoms with Crippen molar-refractivity contribution in [3.05, 3.63) is 11.8 Å². The molecule has 106 valence electrons.